The van der Waals surface area contributed by atoms with Crippen molar-refractivity contribution in [3.05, 3.63) is 88.8 Å². The highest BCUT2D eigenvalue weighted by Gasteiger charge is 2.42. The number of ether oxygens (including phenoxy) is 1. The lowest BCUT2D eigenvalue weighted by Gasteiger charge is -2.39. The van der Waals surface area contributed by atoms with E-state index in [0.717, 1.165) is 43.6 Å². The molecule has 0 bridgehead atoms. The molecule has 1 spiro atoms. The number of halogens is 2. The van der Waals surface area contributed by atoms with E-state index in [0.29, 0.717) is 13.2 Å². The maximum atomic E-state index is 13.9. The fourth-order valence-corrected chi connectivity index (χ4v) is 4.68. The number of fused-ring (bicyclic) bond motifs is 2. The van der Waals surface area contributed by atoms with Gasteiger partial charge in [0.1, 0.15) is 6.61 Å². The molecule has 1 saturated heterocycles. The molecule has 37 heavy (non-hydrogen) atoms. The predicted molar refractivity (Wildman–Crippen MR) is 131 cm³/mol. The van der Waals surface area contributed by atoms with Crippen LogP contribution in [0.5, 0.6) is 0 Å². The van der Waals surface area contributed by atoms with Gasteiger partial charge in [-0.3, -0.25) is 9.88 Å². The van der Waals surface area contributed by atoms with E-state index in [9.17, 15) is 13.9 Å². The van der Waals surface area contributed by atoms with Crippen molar-refractivity contribution in [3.8, 4) is 0 Å². The van der Waals surface area contributed by atoms with Crippen LogP contribution in [-0.2, 0) is 28.3 Å². The zero-order valence-corrected chi connectivity index (χ0v) is 20.8. The standard InChI is InChI=1S/C27H29F2N5O3/c1-26(2,35)17-37-33-24(19-3-4-22(28)23(29)11-19)25-31-12-18(13-32-25)15-34-9-6-27(7-10-34)21-14-30-8-5-20(21)16-36-27/h3-5,8,11-14,35H,6-7,9-10,15-17H2,1-2H3. The first-order valence-electron chi connectivity index (χ1n) is 12.2. The van der Waals surface area contributed by atoms with Gasteiger partial charge < -0.3 is 14.7 Å². The van der Waals surface area contributed by atoms with Crippen molar-refractivity contribution in [2.75, 3.05) is 19.7 Å². The molecule has 194 valence electrons. The van der Waals surface area contributed by atoms with E-state index in [1.807, 2.05) is 18.5 Å². The van der Waals surface area contributed by atoms with Crippen LogP contribution in [0.3, 0.4) is 0 Å². The Labute approximate surface area is 214 Å². The van der Waals surface area contributed by atoms with Crippen molar-refractivity contribution < 1.29 is 23.5 Å². The van der Waals surface area contributed by atoms with E-state index in [2.05, 4.69) is 25.0 Å². The Morgan fingerprint density at radius 3 is 2.59 bits per heavy atom. The number of piperidine rings is 1. The van der Waals surface area contributed by atoms with Crippen LogP contribution in [0.2, 0.25) is 0 Å². The molecule has 0 aliphatic carbocycles. The summed E-state index contributed by atoms with van der Waals surface area (Å²) in [5.41, 5.74) is 2.36. The monoisotopic (exact) mass is 509 g/mol. The highest BCUT2D eigenvalue weighted by Crippen LogP contribution is 2.43. The quantitative estimate of drug-likeness (QED) is 0.383. The van der Waals surface area contributed by atoms with E-state index < -0.39 is 17.2 Å². The van der Waals surface area contributed by atoms with Crippen molar-refractivity contribution >= 4 is 5.71 Å². The number of benzene rings is 1. The Morgan fingerprint density at radius 1 is 1.14 bits per heavy atom. The van der Waals surface area contributed by atoms with Crippen LogP contribution in [0.25, 0.3) is 0 Å². The SMILES string of the molecule is CC(C)(O)CON=C(c1ccc(F)c(F)c1)c1ncc(CN2CCC3(CC2)OCc2ccncc23)cn1. The molecule has 10 heteroatoms. The van der Waals surface area contributed by atoms with E-state index in [1.165, 1.54) is 17.2 Å². The van der Waals surface area contributed by atoms with Crippen molar-refractivity contribution in [3.63, 3.8) is 0 Å². The molecule has 5 rings (SSSR count). The van der Waals surface area contributed by atoms with Crippen LogP contribution in [0.4, 0.5) is 8.78 Å². The first-order chi connectivity index (χ1) is 17.7. The summed E-state index contributed by atoms with van der Waals surface area (Å²) in [6, 6.07) is 5.44. The number of hydrogen-bond acceptors (Lipinski definition) is 8. The van der Waals surface area contributed by atoms with Gasteiger partial charge in [-0.2, -0.15) is 0 Å². The zero-order valence-electron chi connectivity index (χ0n) is 20.8. The third-order valence-corrected chi connectivity index (χ3v) is 6.66. The van der Waals surface area contributed by atoms with Crippen LogP contribution in [0.1, 0.15) is 54.8 Å². The Morgan fingerprint density at radius 2 is 1.89 bits per heavy atom. The summed E-state index contributed by atoms with van der Waals surface area (Å²) in [6.45, 7) is 6.07. The third kappa shape index (κ3) is 5.66. The van der Waals surface area contributed by atoms with E-state index in [1.54, 1.807) is 26.2 Å². The second-order valence-electron chi connectivity index (χ2n) is 10.2. The maximum Gasteiger partial charge on any atom is 0.182 e. The van der Waals surface area contributed by atoms with Crippen LogP contribution in [-0.4, -0.2) is 56.0 Å². The maximum absolute atomic E-state index is 13.9. The topological polar surface area (TPSA) is 93.0 Å². The lowest BCUT2D eigenvalue weighted by atomic mass is 9.84. The number of oxime groups is 1. The van der Waals surface area contributed by atoms with E-state index >= 15 is 0 Å². The lowest BCUT2D eigenvalue weighted by Crippen LogP contribution is -2.42. The van der Waals surface area contributed by atoms with Gasteiger partial charge in [0, 0.05) is 61.1 Å². The Balaban J connectivity index is 1.28. The van der Waals surface area contributed by atoms with Crippen LogP contribution >= 0.6 is 0 Å². The number of aromatic nitrogens is 3. The first kappa shape index (κ1) is 25.3. The Bertz CT molecular complexity index is 1290. The summed E-state index contributed by atoms with van der Waals surface area (Å²) < 4.78 is 33.6. The molecule has 1 aromatic carbocycles. The number of likely N-dealkylation sites (tertiary alicyclic amines) is 1. The van der Waals surface area contributed by atoms with Crippen LogP contribution in [0.15, 0.2) is 54.2 Å². The molecular formula is C27H29F2N5O3. The van der Waals surface area contributed by atoms with Crippen molar-refractivity contribution in [1.29, 1.82) is 0 Å². The summed E-state index contributed by atoms with van der Waals surface area (Å²) in [5, 5.41) is 13.9. The molecule has 1 fully saturated rings. The molecule has 2 aromatic heterocycles. The smallest absolute Gasteiger partial charge is 0.182 e. The highest BCUT2D eigenvalue weighted by molar-refractivity contribution is 6.10. The average molecular weight is 510 g/mol. The van der Waals surface area contributed by atoms with Crippen LogP contribution in [0, 0.1) is 11.6 Å². The van der Waals surface area contributed by atoms with Gasteiger partial charge in [-0.05, 0) is 56.5 Å². The minimum absolute atomic E-state index is 0.0983. The molecular weight excluding hydrogens is 480 g/mol. The molecule has 0 atom stereocenters. The predicted octanol–water partition coefficient (Wildman–Crippen LogP) is 3.71. The third-order valence-electron chi connectivity index (χ3n) is 6.66. The molecule has 2 aliphatic heterocycles. The van der Waals surface area contributed by atoms with Gasteiger partial charge in [0.25, 0.3) is 0 Å². The molecule has 0 amide bonds. The molecule has 8 nitrogen and oxygen atoms in total. The van der Waals surface area contributed by atoms with Crippen LogP contribution < -0.4 is 0 Å². The lowest BCUT2D eigenvalue weighted by molar-refractivity contribution is -0.0800. The van der Waals surface area contributed by atoms with Gasteiger partial charge in [-0.1, -0.05) is 5.16 Å². The summed E-state index contributed by atoms with van der Waals surface area (Å²) in [7, 11) is 0. The molecule has 2 aliphatic rings. The molecule has 0 saturated carbocycles. The number of aliphatic hydroxyl groups is 1. The average Bonchev–Trinajstić information content (AvgIpc) is 3.23. The fourth-order valence-electron chi connectivity index (χ4n) is 4.68. The summed E-state index contributed by atoms with van der Waals surface area (Å²) >= 11 is 0. The van der Waals surface area contributed by atoms with Crippen molar-refractivity contribution in [2.24, 2.45) is 5.16 Å². The number of nitrogens with zero attached hydrogens (tertiary/aromatic N) is 5. The van der Waals surface area contributed by atoms with Gasteiger partial charge >= 0.3 is 0 Å². The summed E-state index contributed by atoms with van der Waals surface area (Å²) in [6.07, 6.45) is 8.91. The molecule has 0 unspecified atom stereocenters. The van der Waals surface area contributed by atoms with Gasteiger partial charge in [-0.25, -0.2) is 18.7 Å². The molecule has 3 aromatic rings. The Kier molecular flexibility index (Phi) is 6.98. The summed E-state index contributed by atoms with van der Waals surface area (Å²) in [5.74, 6) is -1.79. The number of hydrogen-bond donors (Lipinski definition) is 1. The van der Waals surface area contributed by atoms with E-state index in [-0.39, 0.29) is 29.3 Å². The zero-order chi connectivity index (χ0) is 26.0. The largest absolute Gasteiger partial charge is 0.392 e. The van der Waals surface area contributed by atoms with Gasteiger partial charge in [0.15, 0.2) is 23.2 Å². The molecule has 0 radical (unpaired) electrons. The van der Waals surface area contributed by atoms with Gasteiger partial charge in [-0.15, -0.1) is 0 Å². The van der Waals surface area contributed by atoms with E-state index in [4.69, 9.17) is 9.57 Å². The second-order valence-corrected chi connectivity index (χ2v) is 10.2. The van der Waals surface area contributed by atoms with Gasteiger partial charge in [0.2, 0.25) is 0 Å². The molecule has 4 heterocycles. The summed E-state index contributed by atoms with van der Waals surface area (Å²) in [4.78, 5) is 20.8. The number of rotatable bonds is 7. The Hall–Kier alpha value is -3.34. The first-order valence-corrected chi connectivity index (χ1v) is 12.2. The molecule has 1 N–H and O–H groups in total. The second kappa shape index (κ2) is 10.2. The van der Waals surface area contributed by atoms with Crippen molar-refractivity contribution in [1.82, 2.24) is 19.9 Å². The minimum Gasteiger partial charge on any atom is -0.392 e. The van der Waals surface area contributed by atoms with Crippen molar-refractivity contribution in [2.45, 2.75) is 51.0 Å². The number of pyridine rings is 1. The normalized spacial score (nSPS) is 17.7. The highest BCUT2D eigenvalue weighted by atomic mass is 19.2. The van der Waals surface area contributed by atoms with Gasteiger partial charge in [0.05, 0.1) is 17.8 Å². The minimum atomic E-state index is -1.12. The fraction of sp³-hybridized carbons (Fsp3) is 0.407.